The highest BCUT2D eigenvalue weighted by Gasteiger charge is 2.62. The maximum atomic E-state index is 11.3. The molecule has 206 valence electrons. The van der Waals surface area contributed by atoms with E-state index in [0.717, 1.165) is 12.8 Å². The first-order valence-corrected chi connectivity index (χ1v) is 20.4. The molecule has 0 heterocycles. The van der Waals surface area contributed by atoms with Crippen molar-refractivity contribution in [2.24, 2.45) is 29.6 Å². The summed E-state index contributed by atoms with van der Waals surface area (Å²) in [6.07, 6.45) is 8.91. The standard InChI is InChI=1S/C31H56O3Si2/c1-13-31(32)22(2)28-24(27(21-19-25(28)31)34-36(11,12)30(6,7)8)18-20-26(23-16-14-15-17-23)33-35(9,10)29(3,4)5/h13,22-28,32H,1,14-17,19,21H2,2-12H3/t22?,24-,25-,26-,27+,28+,31?/m1/s1. The summed E-state index contributed by atoms with van der Waals surface area (Å²) < 4.78 is 14.1. The van der Waals surface area contributed by atoms with Crippen LogP contribution in [0.5, 0.6) is 0 Å². The number of rotatable bonds is 6. The first kappa shape index (κ1) is 30.2. The van der Waals surface area contributed by atoms with E-state index >= 15 is 0 Å². The molecule has 0 aromatic rings. The zero-order chi connectivity index (χ0) is 27.3. The SMILES string of the molecule is C=CC1(O)C(C)[C@H]2[C@H](C#C[C@@H](O[Si](C)(C)C(C)(C)C)C3CCCC3)[C@@H](O[Si](C)(C)C(C)(C)C)CC[C@H]21. The Morgan fingerprint density at radius 1 is 0.944 bits per heavy atom. The van der Waals surface area contributed by atoms with E-state index in [-0.39, 0.29) is 40.0 Å². The van der Waals surface area contributed by atoms with E-state index in [0.29, 0.717) is 11.8 Å². The lowest BCUT2D eigenvalue weighted by atomic mass is 9.46. The molecule has 0 amide bonds. The third-order valence-corrected chi connectivity index (χ3v) is 19.9. The van der Waals surface area contributed by atoms with Crippen LogP contribution in [0.15, 0.2) is 12.7 Å². The summed E-state index contributed by atoms with van der Waals surface area (Å²) in [4.78, 5) is 0. The lowest BCUT2D eigenvalue weighted by Crippen LogP contribution is -2.66. The highest BCUT2D eigenvalue weighted by atomic mass is 28.4. The van der Waals surface area contributed by atoms with E-state index in [2.05, 4.69) is 93.1 Å². The third kappa shape index (κ3) is 5.64. The Morgan fingerprint density at radius 3 is 2.00 bits per heavy atom. The Kier molecular flexibility index (Phi) is 8.63. The predicted molar refractivity (Wildman–Crippen MR) is 158 cm³/mol. The van der Waals surface area contributed by atoms with Crippen LogP contribution >= 0.6 is 0 Å². The number of hydrogen-bond acceptors (Lipinski definition) is 3. The molecule has 3 nitrogen and oxygen atoms in total. The molecule has 3 fully saturated rings. The van der Waals surface area contributed by atoms with Gasteiger partial charge in [0.1, 0.15) is 6.10 Å². The first-order valence-electron chi connectivity index (χ1n) is 14.6. The second-order valence-corrected chi connectivity index (χ2v) is 24.7. The lowest BCUT2D eigenvalue weighted by molar-refractivity contribution is -0.199. The van der Waals surface area contributed by atoms with Gasteiger partial charge in [0, 0.05) is 5.92 Å². The molecule has 36 heavy (non-hydrogen) atoms. The van der Waals surface area contributed by atoms with Crippen molar-refractivity contribution in [3.8, 4) is 11.8 Å². The van der Waals surface area contributed by atoms with Gasteiger partial charge in [0.15, 0.2) is 16.6 Å². The van der Waals surface area contributed by atoms with Gasteiger partial charge in [-0.2, -0.15) is 0 Å². The third-order valence-electron chi connectivity index (χ3n) is 11.0. The van der Waals surface area contributed by atoms with Crippen LogP contribution in [0, 0.1) is 41.4 Å². The Morgan fingerprint density at radius 2 is 1.50 bits per heavy atom. The number of fused-ring (bicyclic) bond motifs is 1. The van der Waals surface area contributed by atoms with Gasteiger partial charge in [-0.15, -0.1) is 6.58 Å². The van der Waals surface area contributed by atoms with Crippen LogP contribution in [-0.2, 0) is 8.85 Å². The second kappa shape index (κ2) is 10.3. The molecule has 0 spiro atoms. The molecule has 0 bridgehead atoms. The van der Waals surface area contributed by atoms with Crippen molar-refractivity contribution < 1.29 is 14.0 Å². The summed E-state index contributed by atoms with van der Waals surface area (Å²) in [5.74, 6) is 8.98. The molecule has 3 saturated carbocycles. The highest BCUT2D eigenvalue weighted by molar-refractivity contribution is 6.74. The van der Waals surface area contributed by atoms with Crippen molar-refractivity contribution in [3.05, 3.63) is 12.7 Å². The summed E-state index contributed by atoms with van der Waals surface area (Å²) in [5.41, 5.74) is -0.769. The van der Waals surface area contributed by atoms with Crippen molar-refractivity contribution in [1.29, 1.82) is 0 Å². The maximum absolute atomic E-state index is 11.3. The normalized spacial score (nSPS) is 34.8. The van der Waals surface area contributed by atoms with Gasteiger partial charge in [0.25, 0.3) is 0 Å². The van der Waals surface area contributed by atoms with Crippen LogP contribution in [0.3, 0.4) is 0 Å². The van der Waals surface area contributed by atoms with Crippen LogP contribution in [-0.4, -0.2) is 39.6 Å². The van der Waals surface area contributed by atoms with Crippen LogP contribution in [0.25, 0.3) is 0 Å². The molecule has 0 aromatic carbocycles. The molecule has 0 aliphatic heterocycles. The van der Waals surface area contributed by atoms with Gasteiger partial charge in [-0.05, 0) is 85.6 Å². The van der Waals surface area contributed by atoms with Gasteiger partial charge in [-0.3, -0.25) is 0 Å². The van der Waals surface area contributed by atoms with Crippen LogP contribution in [0.4, 0.5) is 0 Å². The van der Waals surface area contributed by atoms with E-state index in [9.17, 15) is 5.11 Å². The van der Waals surface area contributed by atoms with Gasteiger partial charge < -0.3 is 14.0 Å². The van der Waals surface area contributed by atoms with E-state index in [1.807, 2.05) is 0 Å². The fourth-order valence-electron chi connectivity index (χ4n) is 6.33. The minimum absolute atomic E-state index is 0.0101. The number of hydrogen-bond donors (Lipinski definition) is 1. The summed E-state index contributed by atoms with van der Waals surface area (Å²) in [6, 6.07) is 0. The Hall–Kier alpha value is -0.386. The summed E-state index contributed by atoms with van der Waals surface area (Å²) in [6.45, 7) is 29.5. The van der Waals surface area contributed by atoms with Crippen LogP contribution in [0.1, 0.15) is 87.0 Å². The van der Waals surface area contributed by atoms with Crippen LogP contribution in [0.2, 0.25) is 36.3 Å². The van der Waals surface area contributed by atoms with Gasteiger partial charge >= 0.3 is 0 Å². The smallest absolute Gasteiger partial charge is 0.193 e. The first-order chi connectivity index (χ1) is 16.4. The molecule has 0 saturated heterocycles. The molecule has 3 aliphatic carbocycles. The van der Waals surface area contributed by atoms with Gasteiger partial charge in [0.2, 0.25) is 0 Å². The number of aliphatic hydroxyl groups is 1. The van der Waals surface area contributed by atoms with Gasteiger partial charge in [0.05, 0.1) is 11.7 Å². The van der Waals surface area contributed by atoms with Crippen molar-refractivity contribution >= 4 is 16.6 Å². The van der Waals surface area contributed by atoms with Crippen molar-refractivity contribution in [2.75, 3.05) is 0 Å². The van der Waals surface area contributed by atoms with E-state index in [1.54, 1.807) is 6.08 Å². The summed E-state index contributed by atoms with van der Waals surface area (Å²) >= 11 is 0. The average molecular weight is 533 g/mol. The van der Waals surface area contributed by atoms with E-state index in [1.165, 1.54) is 25.7 Å². The molecule has 3 aliphatic rings. The molecular weight excluding hydrogens is 477 g/mol. The largest absolute Gasteiger partial charge is 0.413 e. The topological polar surface area (TPSA) is 38.7 Å². The van der Waals surface area contributed by atoms with Crippen molar-refractivity contribution in [2.45, 2.75) is 141 Å². The second-order valence-electron chi connectivity index (χ2n) is 15.2. The molecule has 1 N–H and O–H groups in total. The van der Waals surface area contributed by atoms with Crippen molar-refractivity contribution in [3.63, 3.8) is 0 Å². The summed E-state index contributed by atoms with van der Waals surface area (Å²) in [5, 5.41) is 11.6. The molecule has 5 heteroatoms. The quantitative estimate of drug-likeness (QED) is 0.213. The highest BCUT2D eigenvalue weighted by Crippen LogP contribution is 2.59. The Labute approximate surface area is 225 Å². The minimum atomic E-state index is -1.95. The minimum Gasteiger partial charge on any atom is -0.413 e. The zero-order valence-corrected chi connectivity index (χ0v) is 27.3. The molecular formula is C31H56O3Si2. The molecule has 0 radical (unpaired) electrons. The molecule has 3 rings (SSSR count). The van der Waals surface area contributed by atoms with E-state index < -0.39 is 22.2 Å². The lowest BCUT2D eigenvalue weighted by Gasteiger charge is -2.62. The summed E-state index contributed by atoms with van der Waals surface area (Å²) in [7, 11) is -3.89. The molecule has 2 unspecified atom stereocenters. The zero-order valence-electron chi connectivity index (χ0n) is 25.3. The molecule has 0 aromatic heterocycles. The fourth-order valence-corrected chi connectivity index (χ4v) is 8.95. The Balaban J connectivity index is 1.96. The monoisotopic (exact) mass is 532 g/mol. The predicted octanol–water partition coefficient (Wildman–Crippen LogP) is 8.17. The van der Waals surface area contributed by atoms with Gasteiger partial charge in [-0.25, -0.2) is 0 Å². The van der Waals surface area contributed by atoms with Crippen molar-refractivity contribution in [1.82, 2.24) is 0 Å². The fraction of sp³-hybridized carbons (Fsp3) is 0.871. The van der Waals surface area contributed by atoms with Crippen LogP contribution < -0.4 is 0 Å². The average Bonchev–Trinajstić information content (AvgIpc) is 3.29. The van der Waals surface area contributed by atoms with Gasteiger partial charge in [-0.1, -0.05) is 79.2 Å². The Bertz CT molecular complexity index is 850. The molecule has 7 atom stereocenters. The maximum Gasteiger partial charge on any atom is 0.193 e. The van der Waals surface area contributed by atoms with E-state index in [4.69, 9.17) is 8.85 Å².